The molecule has 28 heavy (non-hydrogen) atoms. The number of methoxy groups -OCH3 is 1. The maximum Gasteiger partial charge on any atom is 0.199 e. The van der Waals surface area contributed by atoms with Gasteiger partial charge in [-0.2, -0.15) is 5.10 Å². The minimum absolute atomic E-state index is 0.320. The Kier molecular flexibility index (Phi) is 7.25. The lowest BCUT2D eigenvalue weighted by Gasteiger charge is -2.10. The molecule has 0 radical (unpaired) electrons. The van der Waals surface area contributed by atoms with Crippen LogP contribution in [0.4, 0.5) is 0 Å². The highest BCUT2D eigenvalue weighted by Gasteiger charge is 2.10. The summed E-state index contributed by atoms with van der Waals surface area (Å²) in [5.41, 5.74) is 2.24. The summed E-state index contributed by atoms with van der Waals surface area (Å²) < 4.78 is 13.6. The van der Waals surface area contributed by atoms with Crippen molar-refractivity contribution in [2.75, 3.05) is 7.11 Å². The fraction of sp³-hybridized carbons (Fsp3) is 0.364. The van der Waals surface area contributed by atoms with Crippen LogP contribution in [0.5, 0.6) is 11.5 Å². The second-order valence-electron chi connectivity index (χ2n) is 6.73. The largest absolute Gasteiger partial charge is 0.497 e. The lowest BCUT2D eigenvalue weighted by atomic mass is 10.1. The third-order valence-electron chi connectivity index (χ3n) is 4.66. The van der Waals surface area contributed by atoms with Crippen molar-refractivity contribution < 1.29 is 9.47 Å². The summed E-state index contributed by atoms with van der Waals surface area (Å²) in [5, 5.41) is 7.17. The number of aromatic nitrogens is 3. The first-order valence-electron chi connectivity index (χ1n) is 9.73. The van der Waals surface area contributed by atoms with E-state index < -0.39 is 0 Å². The number of unbranched alkanes of at least 4 members (excludes halogenated alkanes) is 3. The summed E-state index contributed by atoms with van der Waals surface area (Å²) in [6.45, 7) is 2.55. The van der Waals surface area contributed by atoms with Gasteiger partial charge in [0.05, 0.1) is 12.8 Å². The molecule has 0 aliphatic heterocycles. The number of aromatic amines is 1. The first-order valence-corrected chi connectivity index (χ1v) is 10.1. The van der Waals surface area contributed by atoms with Gasteiger partial charge in [-0.1, -0.05) is 44.4 Å². The number of nitrogens with one attached hydrogen (secondary N) is 1. The van der Waals surface area contributed by atoms with E-state index in [1.165, 1.54) is 31.2 Å². The zero-order valence-electron chi connectivity index (χ0n) is 16.5. The van der Waals surface area contributed by atoms with Crippen LogP contribution in [0.15, 0.2) is 48.5 Å². The maximum atomic E-state index is 5.94. The molecule has 1 N–H and O–H groups in total. The van der Waals surface area contributed by atoms with E-state index in [0.29, 0.717) is 17.2 Å². The molecule has 3 rings (SSSR count). The number of hydrogen-bond acceptors (Lipinski definition) is 4. The van der Waals surface area contributed by atoms with E-state index >= 15 is 0 Å². The van der Waals surface area contributed by atoms with Crippen molar-refractivity contribution in [2.45, 2.75) is 45.6 Å². The van der Waals surface area contributed by atoms with Crippen molar-refractivity contribution in [3.05, 3.63) is 64.7 Å². The summed E-state index contributed by atoms with van der Waals surface area (Å²) in [6.07, 6.45) is 6.23. The van der Waals surface area contributed by atoms with E-state index in [1.807, 2.05) is 41.0 Å². The highest BCUT2D eigenvalue weighted by molar-refractivity contribution is 7.71. The van der Waals surface area contributed by atoms with Crippen molar-refractivity contribution in [3.63, 3.8) is 0 Å². The molecule has 1 aromatic heterocycles. The van der Waals surface area contributed by atoms with Crippen LogP contribution in [-0.2, 0) is 13.0 Å². The Labute approximate surface area is 171 Å². The van der Waals surface area contributed by atoms with Crippen LogP contribution < -0.4 is 9.47 Å². The van der Waals surface area contributed by atoms with Crippen molar-refractivity contribution in [3.8, 4) is 17.2 Å². The third kappa shape index (κ3) is 5.23. The molecule has 3 aromatic rings. The van der Waals surface area contributed by atoms with E-state index in [2.05, 4.69) is 29.3 Å². The molecule has 0 bridgehead atoms. The minimum atomic E-state index is 0.320. The van der Waals surface area contributed by atoms with Crippen LogP contribution >= 0.6 is 12.2 Å². The molecule has 0 aliphatic carbocycles. The Morgan fingerprint density at radius 2 is 1.86 bits per heavy atom. The molecule has 0 saturated carbocycles. The number of benzene rings is 2. The SMILES string of the molecule is CCCCCCc1ccc(OCc2n[nH]c(=S)n2-c2cccc(OC)c2)cc1. The van der Waals surface area contributed by atoms with Crippen LogP contribution in [0, 0.1) is 4.77 Å². The predicted molar refractivity (Wildman–Crippen MR) is 114 cm³/mol. The molecule has 2 aromatic carbocycles. The lowest BCUT2D eigenvalue weighted by molar-refractivity contribution is 0.293. The van der Waals surface area contributed by atoms with E-state index in [4.69, 9.17) is 21.7 Å². The smallest absolute Gasteiger partial charge is 0.199 e. The van der Waals surface area contributed by atoms with Gasteiger partial charge in [-0.3, -0.25) is 9.67 Å². The minimum Gasteiger partial charge on any atom is -0.497 e. The summed E-state index contributed by atoms with van der Waals surface area (Å²) in [6, 6.07) is 16.0. The van der Waals surface area contributed by atoms with Crippen molar-refractivity contribution in [1.29, 1.82) is 0 Å². The number of aryl methyl sites for hydroxylation is 1. The first kappa shape index (κ1) is 20.1. The van der Waals surface area contributed by atoms with Gasteiger partial charge in [0.1, 0.15) is 18.1 Å². The van der Waals surface area contributed by atoms with E-state index in [0.717, 1.165) is 23.6 Å². The molecule has 0 saturated heterocycles. The summed E-state index contributed by atoms with van der Waals surface area (Å²) >= 11 is 5.39. The van der Waals surface area contributed by atoms with E-state index in [1.54, 1.807) is 7.11 Å². The number of ether oxygens (including phenoxy) is 2. The van der Waals surface area contributed by atoms with E-state index in [9.17, 15) is 0 Å². The Hall–Kier alpha value is -2.60. The van der Waals surface area contributed by atoms with Gasteiger partial charge in [0.25, 0.3) is 0 Å². The van der Waals surface area contributed by atoms with Crippen LogP contribution in [0.3, 0.4) is 0 Å². The molecular weight excluding hydrogens is 370 g/mol. The molecule has 0 amide bonds. The Bertz CT molecular complexity index is 931. The highest BCUT2D eigenvalue weighted by Crippen LogP contribution is 2.20. The molecule has 0 fully saturated rings. The maximum absolute atomic E-state index is 5.94. The van der Waals surface area contributed by atoms with Gasteiger partial charge in [0, 0.05) is 6.07 Å². The topological polar surface area (TPSA) is 52.1 Å². The molecule has 0 spiro atoms. The summed E-state index contributed by atoms with van der Waals surface area (Å²) in [4.78, 5) is 0. The van der Waals surface area contributed by atoms with Crippen LogP contribution in [0.2, 0.25) is 0 Å². The summed E-state index contributed by atoms with van der Waals surface area (Å²) in [5.74, 6) is 2.30. The van der Waals surface area contributed by atoms with Gasteiger partial charge >= 0.3 is 0 Å². The Morgan fingerprint density at radius 1 is 1.04 bits per heavy atom. The number of rotatable bonds is 10. The molecular formula is C22H27N3O2S. The zero-order valence-corrected chi connectivity index (χ0v) is 17.3. The van der Waals surface area contributed by atoms with Gasteiger partial charge in [-0.15, -0.1) is 0 Å². The van der Waals surface area contributed by atoms with Crippen LogP contribution in [0.1, 0.15) is 44.0 Å². The molecule has 0 unspecified atom stereocenters. The molecule has 0 aliphatic rings. The molecule has 148 valence electrons. The quantitative estimate of drug-likeness (QED) is 0.355. The normalized spacial score (nSPS) is 10.8. The molecule has 6 heteroatoms. The van der Waals surface area contributed by atoms with Gasteiger partial charge in [0.15, 0.2) is 10.6 Å². The Balaban J connectivity index is 1.64. The summed E-state index contributed by atoms with van der Waals surface area (Å²) in [7, 11) is 1.64. The predicted octanol–water partition coefficient (Wildman–Crippen LogP) is 5.64. The van der Waals surface area contributed by atoms with Gasteiger partial charge in [-0.25, -0.2) is 0 Å². The molecule has 5 nitrogen and oxygen atoms in total. The fourth-order valence-electron chi connectivity index (χ4n) is 3.10. The van der Waals surface area contributed by atoms with Crippen molar-refractivity contribution in [1.82, 2.24) is 14.8 Å². The average Bonchev–Trinajstić information content (AvgIpc) is 3.11. The van der Waals surface area contributed by atoms with Crippen LogP contribution in [0.25, 0.3) is 5.69 Å². The highest BCUT2D eigenvalue weighted by atomic mass is 32.1. The van der Waals surface area contributed by atoms with Gasteiger partial charge in [0.2, 0.25) is 0 Å². The van der Waals surface area contributed by atoms with E-state index in [-0.39, 0.29) is 0 Å². The van der Waals surface area contributed by atoms with Crippen molar-refractivity contribution >= 4 is 12.2 Å². The second kappa shape index (κ2) is 10.1. The second-order valence-corrected chi connectivity index (χ2v) is 7.11. The number of H-pyrrole nitrogens is 1. The Morgan fingerprint density at radius 3 is 2.61 bits per heavy atom. The number of hydrogen-bond donors (Lipinski definition) is 1. The third-order valence-corrected chi connectivity index (χ3v) is 4.94. The van der Waals surface area contributed by atoms with Gasteiger partial charge < -0.3 is 9.47 Å². The fourth-order valence-corrected chi connectivity index (χ4v) is 3.35. The first-order chi connectivity index (χ1) is 13.7. The number of nitrogens with zero attached hydrogens (tertiary/aromatic N) is 2. The standard InChI is InChI=1S/C22H27N3O2S/c1-3-4-5-6-8-17-11-13-19(14-12-17)27-16-21-23-24-22(28)25(21)18-9-7-10-20(15-18)26-2/h7,9-15H,3-6,8,16H2,1-2H3,(H,24,28). The van der Waals surface area contributed by atoms with Crippen molar-refractivity contribution in [2.24, 2.45) is 0 Å². The molecule has 0 atom stereocenters. The van der Waals surface area contributed by atoms with Gasteiger partial charge in [-0.05, 0) is 54.9 Å². The molecule has 1 heterocycles. The van der Waals surface area contributed by atoms with Crippen LogP contribution in [-0.4, -0.2) is 21.9 Å². The monoisotopic (exact) mass is 397 g/mol. The average molecular weight is 398 g/mol. The lowest BCUT2D eigenvalue weighted by Crippen LogP contribution is -2.06. The zero-order chi connectivity index (χ0) is 19.8.